The smallest absolute Gasteiger partial charge is 0.127 e. The molecule has 2 aromatic carbocycles. The Morgan fingerprint density at radius 2 is 1.63 bits per heavy atom. The van der Waals surface area contributed by atoms with Gasteiger partial charge in [-0.05, 0) is 41.0 Å². The number of benzene rings is 2. The Hall–Kier alpha value is -2.70. The number of thioether (sulfide) groups is 1. The zero-order chi connectivity index (χ0) is 19.1. The molecule has 4 N–H and O–H groups in total. The normalized spacial score (nSPS) is 10.6. The molecule has 27 heavy (non-hydrogen) atoms. The van der Waals surface area contributed by atoms with Gasteiger partial charge in [-0.3, -0.25) is 0 Å². The van der Waals surface area contributed by atoms with Crippen LogP contribution in [0.25, 0.3) is 0 Å². The number of nitrogens with zero attached hydrogens (tertiary/aromatic N) is 1. The molecule has 6 heteroatoms. The number of aliphatic hydroxyl groups excluding tert-OH is 1. The highest BCUT2D eigenvalue weighted by Gasteiger charge is 2.06. The number of aliphatic hydroxyl groups is 1. The van der Waals surface area contributed by atoms with E-state index in [1.165, 1.54) is 5.56 Å². The summed E-state index contributed by atoms with van der Waals surface area (Å²) in [6.45, 7) is 0.715. The largest absolute Gasteiger partial charge is 0.497 e. The summed E-state index contributed by atoms with van der Waals surface area (Å²) in [5.74, 6) is 2.42. The first kappa shape index (κ1) is 19.1. The van der Waals surface area contributed by atoms with Gasteiger partial charge in [-0.2, -0.15) is 0 Å². The lowest BCUT2D eigenvalue weighted by Gasteiger charge is -2.10. The van der Waals surface area contributed by atoms with Crippen molar-refractivity contribution in [2.75, 3.05) is 18.2 Å². The predicted octanol–water partition coefficient (Wildman–Crippen LogP) is 4.07. The fraction of sp³-hybridized carbons (Fsp3) is 0.190. The van der Waals surface area contributed by atoms with Crippen molar-refractivity contribution in [2.45, 2.75) is 23.9 Å². The van der Waals surface area contributed by atoms with Crippen LogP contribution in [0.5, 0.6) is 5.75 Å². The lowest BCUT2D eigenvalue weighted by Crippen LogP contribution is -2.03. The molecule has 0 fully saturated rings. The Bertz CT molecular complexity index is 868. The van der Waals surface area contributed by atoms with Crippen LogP contribution in [0.2, 0.25) is 0 Å². The van der Waals surface area contributed by atoms with Crippen molar-refractivity contribution in [2.24, 2.45) is 0 Å². The van der Waals surface area contributed by atoms with Crippen LogP contribution in [0, 0.1) is 0 Å². The molecular weight excluding hydrogens is 358 g/mol. The molecule has 0 saturated carbocycles. The highest BCUT2D eigenvalue weighted by Crippen LogP contribution is 2.28. The molecule has 3 rings (SSSR count). The van der Waals surface area contributed by atoms with Crippen LogP contribution in [0.1, 0.15) is 16.7 Å². The Morgan fingerprint density at radius 3 is 2.30 bits per heavy atom. The first-order valence-corrected chi connectivity index (χ1v) is 9.61. The zero-order valence-electron chi connectivity index (χ0n) is 15.2. The van der Waals surface area contributed by atoms with Gasteiger partial charge in [-0.1, -0.05) is 48.2 Å². The fourth-order valence-electron chi connectivity index (χ4n) is 2.49. The maximum Gasteiger partial charge on any atom is 0.127 e. The second-order valence-corrected chi connectivity index (χ2v) is 7.02. The van der Waals surface area contributed by atoms with Gasteiger partial charge in [-0.25, -0.2) is 4.98 Å². The van der Waals surface area contributed by atoms with E-state index in [9.17, 15) is 0 Å². The number of hydrogen-bond donors (Lipinski definition) is 3. The third-order valence-electron chi connectivity index (χ3n) is 4.10. The summed E-state index contributed by atoms with van der Waals surface area (Å²) in [6.07, 6.45) is 0. The molecule has 0 aliphatic heterocycles. The van der Waals surface area contributed by atoms with Crippen molar-refractivity contribution in [3.63, 3.8) is 0 Å². The summed E-state index contributed by atoms with van der Waals surface area (Å²) in [7, 11) is 1.66. The minimum atomic E-state index is 0.0575. The van der Waals surface area contributed by atoms with E-state index in [-0.39, 0.29) is 6.61 Å². The van der Waals surface area contributed by atoms with Crippen molar-refractivity contribution in [1.82, 2.24) is 4.98 Å². The zero-order valence-corrected chi connectivity index (χ0v) is 16.0. The Kier molecular flexibility index (Phi) is 6.57. The molecule has 1 heterocycles. The molecule has 0 saturated heterocycles. The Morgan fingerprint density at radius 1 is 0.963 bits per heavy atom. The maximum absolute atomic E-state index is 9.11. The number of anilines is 2. The summed E-state index contributed by atoms with van der Waals surface area (Å²) >= 11 is 1.61. The van der Waals surface area contributed by atoms with Crippen LogP contribution < -0.4 is 15.8 Å². The average Bonchev–Trinajstić information content (AvgIpc) is 2.73. The molecular formula is C21H23N3O2S. The van der Waals surface area contributed by atoms with Gasteiger partial charge in [0.25, 0.3) is 0 Å². The molecule has 0 amide bonds. The van der Waals surface area contributed by atoms with E-state index < -0.39 is 0 Å². The monoisotopic (exact) mass is 381 g/mol. The van der Waals surface area contributed by atoms with E-state index in [2.05, 4.69) is 10.3 Å². The standard InChI is InChI=1S/C21H23N3O2S/c1-26-18-8-6-17(7-9-18)14-27-21-19(22)10-11-20(24-21)23-12-15-2-4-16(13-25)5-3-15/h2-11,25H,12-14,22H2,1H3,(H,23,24). The summed E-state index contributed by atoms with van der Waals surface area (Å²) in [5.41, 5.74) is 9.97. The minimum Gasteiger partial charge on any atom is -0.497 e. The molecule has 0 bridgehead atoms. The van der Waals surface area contributed by atoms with Crippen molar-refractivity contribution in [3.8, 4) is 5.75 Å². The molecule has 140 valence electrons. The molecule has 0 aliphatic carbocycles. The van der Waals surface area contributed by atoms with E-state index in [0.29, 0.717) is 12.2 Å². The predicted molar refractivity (Wildman–Crippen MR) is 111 cm³/mol. The number of aromatic nitrogens is 1. The second kappa shape index (κ2) is 9.30. The molecule has 0 radical (unpaired) electrons. The number of methoxy groups -OCH3 is 1. The van der Waals surface area contributed by atoms with E-state index in [4.69, 9.17) is 15.6 Å². The first-order valence-electron chi connectivity index (χ1n) is 8.62. The van der Waals surface area contributed by atoms with Crippen LogP contribution >= 0.6 is 11.8 Å². The van der Waals surface area contributed by atoms with Crippen LogP contribution in [0.4, 0.5) is 11.5 Å². The third kappa shape index (κ3) is 5.39. The molecule has 3 aromatic rings. The number of nitrogens with two attached hydrogens (primary N) is 1. The molecule has 5 nitrogen and oxygen atoms in total. The Balaban J connectivity index is 1.60. The van der Waals surface area contributed by atoms with Crippen molar-refractivity contribution in [1.29, 1.82) is 0 Å². The van der Waals surface area contributed by atoms with E-state index in [0.717, 1.165) is 33.5 Å². The molecule has 0 atom stereocenters. The van der Waals surface area contributed by atoms with Gasteiger partial charge < -0.3 is 20.9 Å². The van der Waals surface area contributed by atoms with E-state index >= 15 is 0 Å². The minimum absolute atomic E-state index is 0.0575. The van der Waals surface area contributed by atoms with Gasteiger partial charge in [-0.15, -0.1) is 0 Å². The van der Waals surface area contributed by atoms with Gasteiger partial charge in [0.05, 0.1) is 19.4 Å². The van der Waals surface area contributed by atoms with E-state index in [1.807, 2.05) is 60.7 Å². The number of nitrogens with one attached hydrogen (secondary N) is 1. The highest BCUT2D eigenvalue weighted by molar-refractivity contribution is 7.98. The van der Waals surface area contributed by atoms with Crippen LogP contribution in [0.15, 0.2) is 65.7 Å². The topological polar surface area (TPSA) is 80.4 Å². The summed E-state index contributed by atoms with van der Waals surface area (Å²) < 4.78 is 5.18. The summed E-state index contributed by atoms with van der Waals surface area (Å²) in [6, 6.07) is 19.6. The average molecular weight is 382 g/mol. The van der Waals surface area contributed by atoms with Gasteiger partial charge in [0.15, 0.2) is 0 Å². The second-order valence-electron chi connectivity index (χ2n) is 6.06. The third-order valence-corrected chi connectivity index (χ3v) is 5.18. The lowest BCUT2D eigenvalue weighted by molar-refractivity contribution is 0.282. The van der Waals surface area contributed by atoms with Gasteiger partial charge in [0.1, 0.15) is 16.6 Å². The van der Waals surface area contributed by atoms with E-state index in [1.54, 1.807) is 18.9 Å². The molecule has 0 unspecified atom stereocenters. The quantitative estimate of drug-likeness (QED) is 0.511. The van der Waals surface area contributed by atoms with Crippen molar-refractivity contribution >= 4 is 23.3 Å². The maximum atomic E-state index is 9.11. The van der Waals surface area contributed by atoms with Crippen molar-refractivity contribution in [3.05, 3.63) is 77.4 Å². The van der Waals surface area contributed by atoms with Gasteiger partial charge >= 0.3 is 0 Å². The first-order chi connectivity index (χ1) is 13.2. The summed E-state index contributed by atoms with van der Waals surface area (Å²) in [5, 5.41) is 13.2. The lowest BCUT2D eigenvalue weighted by atomic mass is 10.1. The van der Waals surface area contributed by atoms with Crippen LogP contribution in [0.3, 0.4) is 0 Å². The molecule has 1 aromatic heterocycles. The van der Waals surface area contributed by atoms with Crippen molar-refractivity contribution < 1.29 is 9.84 Å². The van der Waals surface area contributed by atoms with Gasteiger partial charge in [0, 0.05) is 12.3 Å². The summed E-state index contributed by atoms with van der Waals surface area (Å²) in [4.78, 5) is 4.63. The van der Waals surface area contributed by atoms with Crippen LogP contribution in [-0.4, -0.2) is 17.2 Å². The number of ether oxygens (including phenoxy) is 1. The highest BCUT2D eigenvalue weighted by atomic mass is 32.2. The Labute approximate surface area is 163 Å². The fourth-order valence-corrected chi connectivity index (χ4v) is 3.39. The SMILES string of the molecule is COc1ccc(CSc2nc(NCc3ccc(CO)cc3)ccc2N)cc1. The number of pyridine rings is 1. The number of hydrogen-bond acceptors (Lipinski definition) is 6. The molecule has 0 spiro atoms. The molecule has 0 aliphatic rings. The number of rotatable bonds is 8. The van der Waals surface area contributed by atoms with Crippen LogP contribution in [-0.2, 0) is 18.9 Å². The number of nitrogen functional groups attached to an aromatic ring is 1. The van der Waals surface area contributed by atoms with Gasteiger partial charge in [0.2, 0.25) is 0 Å².